The monoisotopic (exact) mass is 274 g/mol. The number of urea groups is 1. The molecule has 2 amide bonds. The van der Waals surface area contributed by atoms with Crippen molar-refractivity contribution in [3.8, 4) is 5.75 Å². The first kappa shape index (κ1) is 12.3. The van der Waals surface area contributed by atoms with Gasteiger partial charge in [-0.3, -0.25) is 0 Å². The summed E-state index contributed by atoms with van der Waals surface area (Å²) in [5.74, 6) is -0.163. The second-order valence-electron chi connectivity index (χ2n) is 3.91. The number of nitrogens with one attached hydrogen (secondary N) is 1. The van der Waals surface area contributed by atoms with E-state index in [-0.39, 0.29) is 22.5 Å². The summed E-state index contributed by atoms with van der Waals surface area (Å²) in [5, 5.41) is 12.8. The fraction of sp³-hybridized carbons (Fsp3) is 0.364. The van der Waals surface area contributed by atoms with Crippen LogP contribution in [0.3, 0.4) is 0 Å². The number of nitrogens with zero attached hydrogens (tertiary/aromatic N) is 1. The van der Waals surface area contributed by atoms with Crippen LogP contribution in [0.25, 0.3) is 0 Å². The molecule has 1 aliphatic rings. The van der Waals surface area contributed by atoms with Crippen LogP contribution in [-0.4, -0.2) is 29.1 Å². The first-order chi connectivity index (χ1) is 8.08. The molecule has 2 N–H and O–H groups in total. The van der Waals surface area contributed by atoms with Crippen LogP contribution in [0.1, 0.15) is 12.8 Å². The molecule has 0 aliphatic carbocycles. The lowest BCUT2D eigenvalue weighted by Crippen LogP contribution is -2.32. The molecule has 92 valence electrons. The third kappa shape index (κ3) is 2.76. The van der Waals surface area contributed by atoms with Gasteiger partial charge in [0, 0.05) is 18.1 Å². The molecule has 1 aromatic carbocycles. The lowest BCUT2D eigenvalue weighted by Gasteiger charge is -2.17. The van der Waals surface area contributed by atoms with Crippen LogP contribution < -0.4 is 5.32 Å². The van der Waals surface area contributed by atoms with Crippen LogP contribution in [0.5, 0.6) is 5.75 Å². The van der Waals surface area contributed by atoms with Crippen molar-refractivity contribution in [3.05, 3.63) is 22.2 Å². The van der Waals surface area contributed by atoms with Gasteiger partial charge in [0.25, 0.3) is 0 Å². The summed E-state index contributed by atoms with van der Waals surface area (Å²) in [5.41, 5.74) is 0.236. The maximum absolute atomic E-state index is 11.8. The Morgan fingerprint density at radius 2 is 1.94 bits per heavy atom. The van der Waals surface area contributed by atoms with Crippen LogP contribution in [0.4, 0.5) is 10.5 Å². The quantitative estimate of drug-likeness (QED) is 0.772. The van der Waals surface area contributed by atoms with Crippen molar-refractivity contribution < 1.29 is 9.90 Å². The number of phenols is 1. The molecule has 1 aliphatic heterocycles. The van der Waals surface area contributed by atoms with E-state index in [2.05, 4.69) is 5.32 Å². The van der Waals surface area contributed by atoms with Crippen molar-refractivity contribution in [2.24, 2.45) is 0 Å². The van der Waals surface area contributed by atoms with E-state index in [1.54, 1.807) is 4.90 Å². The number of hydrogen-bond donors (Lipinski definition) is 2. The number of aromatic hydroxyl groups is 1. The normalized spacial score (nSPS) is 15.1. The second-order valence-corrected chi connectivity index (χ2v) is 4.75. The Kier molecular flexibility index (Phi) is 3.64. The maximum atomic E-state index is 11.8. The summed E-state index contributed by atoms with van der Waals surface area (Å²) in [4.78, 5) is 13.5. The predicted molar refractivity (Wildman–Crippen MR) is 68.0 cm³/mol. The number of rotatable bonds is 1. The summed E-state index contributed by atoms with van der Waals surface area (Å²) in [7, 11) is 0. The minimum Gasteiger partial charge on any atom is -0.504 e. The minimum atomic E-state index is -0.240. The van der Waals surface area contributed by atoms with Crippen molar-refractivity contribution in [2.45, 2.75) is 12.8 Å². The highest BCUT2D eigenvalue weighted by Crippen LogP contribution is 2.35. The van der Waals surface area contributed by atoms with E-state index in [9.17, 15) is 9.90 Å². The van der Waals surface area contributed by atoms with Gasteiger partial charge < -0.3 is 15.3 Å². The van der Waals surface area contributed by atoms with Gasteiger partial charge in [0.05, 0.1) is 10.7 Å². The summed E-state index contributed by atoms with van der Waals surface area (Å²) >= 11 is 11.6. The van der Waals surface area contributed by atoms with Gasteiger partial charge in [0.1, 0.15) is 0 Å². The van der Waals surface area contributed by atoms with E-state index in [4.69, 9.17) is 23.2 Å². The third-order valence-electron chi connectivity index (χ3n) is 2.66. The molecular weight excluding hydrogens is 263 g/mol. The Hall–Kier alpha value is -1.13. The maximum Gasteiger partial charge on any atom is 0.321 e. The molecule has 0 spiro atoms. The van der Waals surface area contributed by atoms with Gasteiger partial charge in [0.15, 0.2) is 5.75 Å². The van der Waals surface area contributed by atoms with Crippen molar-refractivity contribution in [1.29, 1.82) is 0 Å². The van der Waals surface area contributed by atoms with Gasteiger partial charge in [-0.15, -0.1) is 0 Å². The zero-order valence-electron chi connectivity index (χ0n) is 9.04. The number of anilines is 1. The average molecular weight is 275 g/mol. The van der Waals surface area contributed by atoms with Crippen molar-refractivity contribution >= 4 is 34.9 Å². The lowest BCUT2D eigenvalue weighted by molar-refractivity contribution is 0.222. The van der Waals surface area contributed by atoms with Gasteiger partial charge >= 0.3 is 6.03 Å². The van der Waals surface area contributed by atoms with Gasteiger partial charge in [-0.05, 0) is 25.0 Å². The zero-order valence-corrected chi connectivity index (χ0v) is 10.6. The smallest absolute Gasteiger partial charge is 0.321 e. The number of halogens is 2. The van der Waals surface area contributed by atoms with Crippen LogP contribution >= 0.6 is 23.2 Å². The molecule has 17 heavy (non-hydrogen) atoms. The molecule has 0 radical (unpaired) electrons. The Labute approximate surface area is 109 Å². The second kappa shape index (κ2) is 5.02. The lowest BCUT2D eigenvalue weighted by atomic mass is 10.3. The zero-order chi connectivity index (χ0) is 12.4. The number of hydrogen-bond acceptors (Lipinski definition) is 2. The first-order valence-electron chi connectivity index (χ1n) is 5.32. The number of likely N-dealkylation sites (tertiary alicyclic amines) is 1. The highest BCUT2D eigenvalue weighted by molar-refractivity contribution is 6.36. The molecule has 0 saturated carbocycles. The molecule has 0 bridgehead atoms. The molecule has 1 saturated heterocycles. The van der Waals surface area contributed by atoms with Gasteiger partial charge in [-0.1, -0.05) is 23.2 Å². The first-order valence-corrected chi connectivity index (χ1v) is 6.07. The van der Waals surface area contributed by atoms with Crippen LogP contribution in [0, 0.1) is 0 Å². The van der Waals surface area contributed by atoms with E-state index < -0.39 is 0 Å². The Morgan fingerprint density at radius 1 is 1.29 bits per heavy atom. The van der Waals surface area contributed by atoms with Gasteiger partial charge in [-0.25, -0.2) is 4.79 Å². The molecule has 6 heteroatoms. The summed E-state index contributed by atoms with van der Waals surface area (Å²) in [6.07, 6.45) is 2.02. The van der Waals surface area contributed by atoms with E-state index in [0.29, 0.717) is 5.02 Å². The SMILES string of the molecule is O=C(Nc1cc(Cl)cc(Cl)c1O)N1CCCC1. The number of carbonyl (C=O) groups excluding carboxylic acids is 1. The topological polar surface area (TPSA) is 52.6 Å². The molecule has 1 fully saturated rings. The molecule has 2 rings (SSSR count). The Morgan fingerprint density at radius 3 is 2.59 bits per heavy atom. The van der Waals surface area contributed by atoms with Crippen LogP contribution in [-0.2, 0) is 0 Å². The Balaban J connectivity index is 2.15. The van der Waals surface area contributed by atoms with Gasteiger partial charge in [0.2, 0.25) is 0 Å². The van der Waals surface area contributed by atoms with Crippen LogP contribution in [0.2, 0.25) is 10.0 Å². The molecule has 0 aromatic heterocycles. The summed E-state index contributed by atoms with van der Waals surface area (Å²) in [6, 6.07) is 2.65. The fourth-order valence-corrected chi connectivity index (χ4v) is 2.27. The largest absolute Gasteiger partial charge is 0.504 e. The standard InChI is InChI=1S/C11H12Cl2N2O2/c12-7-5-8(13)10(16)9(6-7)14-11(17)15-3-1-2-4-15/h5-6,16H,1-4H2,(H,14,17). The average Bonchev–Trinajstić information content (AvgIpc) is 2.78. The molecular formula is C11H12Cl2N2O2. The summed E-state index contributed by atoms with van der Waals surface area (Å²) < 4.78 is 0. The molecule has 0 unspecified atom stereocenters. The number of benzene rings is 1. The van der Waals surface area contributed by atoms with E-state index in [1.165, 1.54) is 12.1 Å². The van der Waals surface area contributed by atoms with E-state index in [1.807, 2.05) is 0 Å². The van der Waals surface area contributed by atoms with Crippen molar-refractivity contribution in [2.75, 3.05) is 18.4 Å². The van der Waals surface area contributed by atoms with Crippen molar-refractivity contribution in [3.63, 3.8) is 0 Å². The molecule has 0 atom stereocenters. The fourth-order valence-electron chi connectivity index (χ4n) is 1.78. The Bertz CT molecular complexity index is 445. The number of phenolic OH excluding ortho intramolecular Hbond substituents is 1. The van der Waals surface area contributed by atoms with E-state index in [0.717, 1.165) is 25.9 Å². The van der Waals surface area contributed by atoms with Crippen LogP contribution in [0.15, 0.2) is 12.1 Å². The molecule has 4 nitrogen and oxygen atoms in total. The van der Waals surface area contributed by atoms with Gasteiger partial charge in [-0.2, -0.15) is 0 Å². The van der Waals surface area contributed by atoms with E-state index >= 15 is 0 Å². The molecule has 1 aromatic rings. The number of amides is 2. The highest BCUT2D eigenvalue weighted by Gasteiger charge is 2.19. The van der Waals surface area contributed by atoms with Crippen molar-refractivity contribution in [1.82, 2.24) is 4.90 Å². The summed E-state index contributed by atoms with van der Waals surface area (Å²) in [6.45, 7) is 1.47. The number of carbonyl (C=O) groups is 1. The molecule has 1 heterocycles. The predicted octanol–water partition coefficient (Wildman–Crippen LogP) is 3.33. The highest BCUT2D eigenvalue weighted by atomic mass is 35.5. The third-order valence-corrected chi connectivity index (χ3v) is 3.17. The minimum absolute atomic E-state index is 0.120.